The highest BCUT2D eigenvalue weighted by Gasteiger charge is 2.25. The van der Waals surface area contributed by atoms with E-state index in [4.69, 9.17) is 4.74 Å². The lowest BCUT2D eigenvalue weighted by molar-refractivity contribution is 0.0595. The van der Waals surface area contributed by atoms with Crippen LogP contribution in [-0.2, 0) is 6.54 Å². The molecule has 1 aliphatic heterocycles. The Morgan fingerprint density at radius 3 is 2.66 bits per heavy atom. The summed E-state index contributed by atoms with van der Waals surface area (Å²) in [6.45, 7) is 8.53. The standard InChI is InChI=1S/C23H30N4O2/c1-17(2)26-10-12-27(13-11-26)23(28)18-5-8-22(29-21-4-3-9-24-16-21)19(14-18)15-25-20-6-7-20/h3-5,8-9,14,16-17,20,25H,6-7,10-13,15H2,1-2H3. The van der Waals surface area contributed by atoms with Crippen LogP contribution in [0.2, 0.25) is 0 Å². The predicted molar refractivity (Wildman–Crippen MR) is 113 cm³/mol. The maximum Gasteiger partial charge on any atom is 0.253 e. The largest absolute Gasteiger partial charge is 0.455 e. The number of rotatable bonds is 7. The number of carbonyl (C=O) groups excluding carboxylic acids is 1. The molecule has 0 unspecified atom stereocenters. The van der Waals surface area contributed by atoms with Crippen LogP contribution in [-0.4, -0.2) is 59.0 Å². The molecule has 2 fully saturated rings. The monoisotopic (exact) mass is 394 g/mol. The minimum absolute atomic E-state index is 0.106. The van der Waals surface area contributed by atoms with Crippen molar-refractivity contribution in [1.82, 2.24) is 20.1 Å². The van der Waals surface area contributed by atoms with Crippen LogP contribution >= 0.6 is 0 Å². The van der Waals surface area contributed by atoms with Crippen LogP contribution in [0.5, 0.6) is 11.5 Å². The second-order valence-corrected chi connectivity index (χ2v) is 8.19. The summed E-state index contributed by atoms with van der Waals surface area (Å²) in [4.78, 5) is 21.6. The molecule has 1 aromatic heterocycles. The third-order valence-electron chi connectivity index (χ3n) is 5.66. The minimum Gasteiger partial charge on any atom is -0.455 e. The summed E-state index contributed by atoms with van der Waals surface area (Å²) in [6, 6.07) is 10.6. The van der Waals surface area contributed by atoms with Gasteiger partial charge in [0.1, 0.15) is 11.5 Å². The first-order valence-electron chi connectivity index (χ1n) is 10.6. The van der Waals surface area contributed by atoms with E-state index in [1.807, 2.05) is 35.2 Å². The van der Waals surface area contributed by atoms with Crippen LogP contribution in [0.4, 0.5) is 0 Å². The summed E-state index contributed by atoms with van der Waals surface area (Å²) < 4.78 is 6.05. The van der Waals surface area contributed by atoms with E-state index in [1.54, 1.807) is 12.4 Å². The van der Waals surface area contributed by atoms with Gasteiger partial charge in [-0.25, -0.2) is 0 Å². The van der Waals surface area contributed by atoms with Gasteiger partial charge < -0.3 is 15.0 Å². The Labute approximate surface area is 172 Å². The van der Waals surface area contributed by atoms with Gasteiger partial charge in [-0.1, -0.05) is 0 Å². The molecule has 1 saturated heterocycles. The molecular weight excluding hydrogens is 364 g/mol. The summed E-state index contributed by atoms with van der Waals surface area (Å²) in [7, 11) is 0. The van der Waals surface area contributed by atoms with E-state index >= 15 is 0 Å². The van der Waals surface area contributed by atoms with Crippen molar-refractivity contribution in [2.75, 3.05) is 26.2 Å². The molecule has 0 radical (unpaired) electrons. The zero-order valence-corrected chi connectivity index (χ0v) is 17.3. The number of amides is 1. The van der Waals surface area contributed by atoms with Gasteiger partial charge in [0.15, 0.2) is 0 Å². The van der Waals surface area contributed by atoms with Gasteiger partial charge in [-0.15, -0.1) is 0 Å². The van der Waals surface area contributed by atoms with Gasteiger partial charge in [0.2, 0.25) is 0 Å². The third kappa shape index (κ3) is 5.14. The van der Waals surface area contributed by atoms with Crippen molar-refractivity contribution in [1.29, 1.82) is 0 Å². The van der Waals surface area contributed by atoms with E-state index in [-0.39, 0.29) is 5.91 Å². The van der Waals surface area contributed by atoms with E-state index in [0.29, 0.717) is 24.4 Å². The maximum atomic E-state index is 13.1. The molecule has 6 heteroatoms. The Kier molecular flexibility index (Phi) is 6.11. The molecule has 154 valence electrons. The molecule has 2 heterocycles. The summed E-state index contributed by atoms with van der Waals surface area (Å²) in [5.74, 6) is 1.57. The molecule has 0 bridgehead atoms. The zero-order chi connectivity index (χ0) is 20.2. The number of pyridine rings is 1. The lowest BCUT2D eigenvalue weighted by atomic mass is 10.1. The molecule has 4 rings (SSSR count). The Balaban J connectivity index is 1.49. The highest BCUT2D eigenvalue weighted by Crippen LogP contribution is 2.28. The lowest BCUT2D eigenvalue weighted by Gasteiger charge is -2.37. The molecule has 1 aromatic carbocycles. The molecule has 1 aliphatic carbocycles. The Hall–Kier alpha value is -2.44. The van der Waals surface area contributed by atoms with E-state index < -0.39 is 0 Å². The molecule has 0 atom stereocenters. The summed E-state index contributed by atoms with van der Waals surface area (Å²) >= 11 is 0. The van der Waals surface area contributed by atoms with Gasteiger partial charge in [0.25, 0.3) is 5.91 Å². The zero-order valence-electron chi connectivity index (χ0n) is 17.3. The van der Waals surface area contributed by atoms with E-state index in [9.17, 15) is 4.79 Å². The highest BCUT2D eigenvalue weighted by molar-refractivity contribution is 5.94. The fraction of sp³-hybridized carbons (Fsp3) is 0.478. The van der Waals surface area contributed by atoms with Crippen molar-refractivity contribution in [3.8, 4) is 11.5 Å². The molecule has 29 heavy (non-hydrogen) atoms. The number of ether oxygens (including phenoxy) is 1. The van der Waals surface area contributed by atoms with Gasteiger partial charge in [0, 0.05) is 62.1 Å². The van der Waals surface area contributed by atoms with Crippen LogP contribution in [0.15, 0.2) is 42.7 Å². The van der Waals surface area contributed by atoms with Gasteiger partial charge in [-0.05, 0) is 57.0 Å². The van der Waals surface area contributed by atoms with Crippen LogP contribution in [0.3, 0.4) is 0 Å². The average molecular weight is 395 g/mol. The normalized spacial score (nSPS) is 17.6. The minimum atomic E-state index is 0.106. The lowest BCUT2D eigenvalue weighted by Crippen LogP contribution is -2.50. The topological polar surface area (TPSA) is 57.7 Å². The fourth-order valence-corrected chi connectivity index (χ4v) is 3.65. The number of nitrogens with zero attached hydrogens (tertiary/aromatic N) is 3. The van der Waals surface area contributed by atoms with Crippen LogP contribution in [0.1, 0.15) is 42.6 Å². The van der Waals surface area contributed by atoms with Gasteiger partial charge in [0.05, 0.1) is 6.20 Å². The molecule has 1 amide bonds. The highest BCUT2D eigenvalue weighted by atomic mass is 16.5. The molecule has 2 aliphatic rings. The van der Waals surface area contributed by atoms with Crippen molar-refractivity contribution in [2.45, 2.75) is 45.3 Å². The first kappa shape index (κ1) is 19.9. The average Bonchev–Trinajstić information content (AvgIpc) is 3.58. The number of aromatic nitrogens is 1. The number of hydrogen-bond donors (Lipinski definition) is 1. The Morgan fingerprint density at radius 1 is 1.21 bits per heavy atom. The van der Waals surface area contributed by atoms with Crippen molar-refractivity contribution >= 4 is 5.91 Å². The predicted octanol–water partition coefficient (Wildman–Crippen LogP) is 3.29. The van der Waals surface area contributed by atoms with Crippen molar-refractivity contribution < 1.29 is 9.53 Å². The molecule has 2 aromatic rings. The quantitative estimate of drug-likeness (QED) is 0.781. The van der Waals surface area contributed by atoms with Crippen LogP contribution in [0.25, 0.3) is 0 Å². The summed E-state index contributed by atoms with van der Waals surface area (Å²) in [5, 5.41) is 3.54. The summed E-state index contributed by atoms with van der Waals surface area (Å²) in [6.07, 6.45) is 5.86. The number of piperazine rings is 1. The number of benzene rings is 1. The van der Waals surface area contributed by atoms with Gasteiger partial charge >= 0.3 is 0 Å². The van der Waals surface area contributed by atoms with Gasteiger partial charge in [-0.2, -0.15) is 0 Å². The maximum absolute atomic E-state index is 13.1. The third-order valence-corrected chi connectivity index (χ3v) is 5.66. The molecule has 0 spiro atoms. The second-order valence-electron chi connectivity index (χ2n) is 8.19. The van der Waals surface area contributed by atoms with Crippen molar-refractivity contribution in [3.63, 3.8) is 0 Å². The summed E-state index contributed by atoms with van der Waals surface area (Å²) in [5.41, 5.74) is 1.74. The number of nitrogens with one attached hydrogen (secondary N) is 1. The Morgan fingerprint density at radius 2 is 2.00 bits per heavy atom. The first-order valence-corrected chi connectivity index (χ1v) is 10.6. The van der Waals surface area contributed by atoms with Crippen molar-refractivity contribution in [2.24, 2.45) is 0 Å². The van der Waals surface area contributed by atoms with E-state index in [0.717, 1.165) is 43.1 Å². The van der Waals surface area contributed by atoms with E-state index in [2.05, 4.69) is 29.0 Å². The van der Waals surface area contributed by atoms with Crippen LogP contribution < -0.4 is 10.1 Å². The van der Waals surface area contributed by atoms with Gasteiger partial charge in [-0.3, -0.25) is 14.7 Å². The van der Waals surface area contributed by atoms with Crippen molar-refractivity contribution in [3.05, 3.63) is 53.9 Å². The fourth-order valence-electron chi connectivity index (χ4n) is 3.65. The SMILES string of the molecule is CC(C)N1CCN(C(=O)c2ccc(Oc3cccnc3)c(CNC3CC3)c2)CC1. The van der Waals surface area contributed by atoms with Crippen LogP contribution in [0, 0.1) is 0 Å². The number of carbonyl (C=O) groups is 1. The van der Waals surface area contributed by atoms with E-state index in [1.165, 1.54) is 12.8 Å². The smallest absolute Gasteiger partial charge is 0.253 e. The number of hydrogen-bond acceptors (Lipinski definition) is 5. The second kappa shape index (κ2) is 8.93. The Bertz CT molecular complexity index is 828. The molecular formula is C23H30N4O2. The molecule has 1 N–H and O–H groups in total. The molecule has 6 nitrogen and oxygen atoms in total. The first-order chi connectivity index (χ1) is 14.1. The molecule has 1 saturated carbocycles.